The highest BCUT2D eigenvalue weighted by atomic mass is 32.2. The van der Waals surface area contributed by atoms with Crippen LogP contribution in [0.4, 0.5) is 4.39 Å². The minimum Gasteiger partial charge on any atom is -0.461 e. The SMILES string of the molecule is O=C(c1ccc(F)cc1)N1CCSc2nnc(-c3ccco3)n21. The van der Waals surface area contributed by atoms with Crippen molar-refractivity contribution in [3.63, 3.8) is 0 Å². The minimum atomic E-state index is -0.378. The number of carbonyl (C=O) groups excluding carboxylic acids is 1. The van der Waals surface area contributed by atoms with Gasteiger partial charge in [0.05, 0.1) is 12.8 Å². The first-order chi connectivity index (χ1) is 11.2. The molecule has 1 aromatic carbocycles. The summed E-state index contributed by atoms with van der Waals surface area (Å²) in [5, 5.41) is 10.4. The zero-order valence-corrected chi connectivity index (χ0v) is 12.7. The number of amides is 1. The Bertz CT molecular complexity index is 845. The topological polar surface area (TPSA) is 64.2 Å². The molecule has 0 fully saturated rings. The van der Waals surface area contributed by atoms with E-state index in [0.29, 0.717) is 34.6 Å². The number of aromatic nitrogens is 3. The Hall–Kier alpha value is -2.61. The van der Waals surface area contributed by atoms with Crippen LogP contribution in [0.3, 0.4) is 0 Å². The van der Waals surface area contributed by atoms with Gasteiger partial charge in [0, 0.05) is 11.3 Å². The molecule has 1 amide bonds. The van der Waals surface area contributed by atoms with Crippen LogP contribution in [-0.4, -0.2) is 33.1 Å². The van der Waals surface area contributed by atoms with Crippen molar-refractivity contribution in [1.29, 1.82) is 0 Å². The summed E-state index contributed by atoms with van der Waals surface area (Å²) in [6.45, 7) is 0.500. The number of benzene rings is 1. The van der Waals surface area contributed by atoms with Crippen molar-refractivity contribution in [1.82, 2.24) is 14.9 Å². The fraction of sp³-hybridized carbons (Fsp3) is 0.133. The maximum atomic E-state index is 13.1. The molecule has 0 unspecified atom stereocenters. The highest BCUT2D eigenvalue weighted by Gasteiger charge is 2.29. The predicted octanol–water partition coefficient (Wildman–Crippen LogP) is 2.56. The molecule has 0 spiro atoms. The van der Waals surface area contributed by atoms with Crippen LogP contribution < -0.4 is 5.01 Å². The summed E-state index contributed by atoms with van der Waals surface area (Å²) < 4.78 is 20.1. The zero-order valence-electron chi connectivity index (χ0n) is 11.8. The van der Waals surface area contributed by atoms with Crippen LogP contribution in [-0.2, 0) is 0 Å². The Balaban J connectivity index is 1.76. The zero-order chi connectivity index (χ0) is 15.8. The third-order valence-corrected chi connectivity index (χ3v) is 4.35. The number of nitrogens with zero attached hydrogens (tertiary/aromatic N) is 4. The molecular formula is C15H11FN4O2S. The Morgan fingerprint density at radius 3 is 2.78 bits per heavy atom. The van der Waals surface area contributed by atoms with E-state index in [9.17, 15) is 9.18 Å². The van der Waals surface area contributed by atoms with Gasteiger partial charge in [0.25, 0.3) is 5.91 Å². The van der Waals surface area contributed by atoms with Gasteiger partial charge in [-0.3, -0.25) is 4.79 Å². The maximum Gasteiger partial charge on any atom is 0.272 e. The fourth-order valence-electron chi connectivity index (χ4n) is 2.39. The van der Waals surface area contributed by atoms with Crippen molar-refractivity contribution in [3.8, 4) is 11.6 Å². The van der Waals surface area contributed by atoms with E-state index in [2.05, 4.69) is 10.2 Å². The second kappa shape index (κ2) is 5.54. The Morgan fingerprint density at radius 2 is 2.04 bits per heavy atom. The highest BCUT2D eigenvalue weighted by molar-refractivity contribution is 7.99. The van der Waals surface area contributed by atoms with Crippen molar-refractivity contribution in [2.45, 2.75) is 5.16 Å². The molecule has 0 saturated carbocycles. The standard InChI is InChI=1S/C15H11FN4O2S/c16-11-5-3-10(4-6-11)14(21)19-7-9-23-15-18-17-13(20(15)19)12-2-1-8-22-12/h1-6,8H,7,9H2. The lowest BCUT2D eigenvalue weighted by molar-refractivity contribution is 0.0956. The van der Waals surface area contributed by atoms with Gasteiger partial charge >= 0.3 is 0 Å². The van der Waals surface area contributed by atoms with Crippen molar-refractivity contribution < 1.29 is 13.6 Å². The number of furan rings is 1. The van der Waals surface area contributed by atoms with Crippen LogP contribution in [0.5, 0.6) is 0 Å². The van der Waals surface area contributed by atoms with E-state index in [1.165, 1.54) is 36.0 Å². The third kappa shape index (κ3) is 2.40. The second-order valence-electron chi connectivity index (χ2n) is 4.88. The highest BCUT2D eigenvalue weighted by Crippen LogP contribution is 2.28. The lowest BCUT2D eigenvalue weighted by Crippen LogP contribution is -2.45. The van der Waals surface area contributed by atoms with Gasteiger partial charge in [0.15, 0.2) is 5.76 Å². The first kappa shape index (κ1) is 14.0. The Morgan fingerprint density at radius 1 is 1.22 bits per heavy atom. The number of halogens is 1. The number of rotatable bonds is 2. The second-order valence-corrected chi connectivity index (χ2v) is 5.94. The van der Waals surface area contributed by atoms with Crippen molar-refractivity contribution >= 4 is 17.7 Å². The van der Waals surface area contributed by atoms with Gasteiger partial charge in [-0.2, -0.15) is 0 Å². The fourth-order valence-corrected chi connectivity index (χ4v) is 3.24. The molecule has 0 saturated heterocycles. The first-order valence-electron chi connectivity index (χ1n) is 6.94. The molecule has 4 rings (SSSR count). The van der Waals surface area contributed by atoms with E-state index in [1.54, 1.807) is 28.1 Å². The van der Waals surface area contributed by atoms with Gasteiger partial charge in [-0.05, 0) is 36.4 Å². The van der Waals surface area contributed by atoms with E-state index in [0.717, 1.165) is 0 Å². The summed E-state index contributed by atoms with van der Waals surface area (Å²) in [5.74, 6) is 1.09. The van der Waals surface area contributed by atoms with E-state index < -0.39 is 0 Å². The maximum absolute atomic E-state index is 13.1. The van der Waals surface area contributed by atoms with Gasteiger partial charge < -0.3 is 4.42 Å². The summed E-state index contributed by atoms with van der Waals surface area (Å²) >= 11 is 1.52. The van der Waals surface area contributed by atoms with Gasteiger partial charge in [-0.1, -0.05) is 11.8 Å². The lowest BCUT2D eigenvalue weighted by Gasteiger charge is -2.28. The van der Waals surface area contributed by atoms with Crippen LogP contribution in [0.2, 0.25) is 0 Å². The van der Waals surface area contributed by atoms with Crippen molar-refractivity contribution in [3.05, 3.63) is 54.0 Å². The number of fused-ring (bicyclic) bond motifs is 1. The quantitative estimate of drug-likeness (QED) is 0.722. The lowest BCUT2D eigenvalue weighted by atomic mass is 10.2. The molecule has 0 radical (unpaired) electrons. The molecule has 1 aliphatic rings. The van der Waals surface area contributed by atoms with Crippen LogP contribution >= 0.6 is 11.8 Å². The first-order valence-corrected chi connectivity index (χ1v) is 7.92. The molecule has 3 heterocycles. The molecule has 6 nitrogen and oxygen atoms in total. The van der Waals surface area contributed by atoms with Gasteiger partial charge in [-0.15, -0.1) is 10.2 Å². The van der Waals surface area contributed by atoms with E-state index in [1.807, 2.05) is 0 Å². The predicted molar refractivity (Wildman–Crippen MR) is 82.3 cm³/mol. The van der Waals surface area contributed by atoms with Crippen molar-refractivity contribution in [2.24, 2.45) is 0 Å². The van der Waals surface area contributed by atoms with E-state index >= 15 is 0 Å². The monoisotopic (exact) mass is 330 g/mol. The number of hydrogen-bond acceptors (Lipinski definition) is 5. The average molecular weight is 330 g/mol. The molecule has 0 atom stereocenters. The number of thioether (sulfide) groups is 1. The third-order valence-electron chi connectivity index (χ3n) is 3.45. The molecule has 23 heavy (non-hydrogen) atoms. The summed E-state index contributed by atoms with van der Waals surface area (Å²) in [7, 11) is 0. The van der Waals surface area contributed by atoms with E-state index in [-0.39, 0.29) is 11.7 Å². The van der Waals surface area contributed by atoms with Gasteiger partial charge in [0.2, 0.25) is 11.0 Å². The van der Waals surface area contributed by atoms with Gasteiger partial charge in [-0.25, -0.2) is 14.1 Å². The molecule has 3 aromatic rings. The van der Waals surface area contributed by atoms with Crippen LogP contribution in [0.1, 0.15) is 10.4 Å². The minimum absolute atomic E-state index is 0.237. The van der Waals surface area contributed by atoms with Crippen LogP contribution in [0, 0.1) is 5.82 Å². The molecule has 2 aromatic heterocycles. The molecule has 8 heteroatoms. The normalized spacial score (nSPS) is 13.9. The smallest absolute Gasteiger partial charge is 0.272 e. The summed E-state index contributed by atoms with van der Waals surface area (Å²) in [6.07, 6.45) is 1.54. The van der Waals surface area contributed by atoms with E-state index in [4.69, 9.17) is 4.42 Å². The number of hydrogen-bond donors (Lipinski definition) is 0. The molecule has 0 bridgehead atoms. The Labute approximate surface area is 134 Å². The van der Waals surface area contributed by atoms with Crippen molar-refractivity contribution in [2.75, 3.05) is 17.3 Å². The molecule has 116 valence electrons. The largest absolute Gasteiger partial charge is 0.461 e. The number of carbonyl (C=O) groups is 1. The summed E-state index contributed by atoms with van der Waals surface area (Å²) in [6, 6.07) is 8.99. The Kier molecular flexibility index (Phi) is 3.38. The average Bonchev–Trinajstić information content (AvgIpc) is 3.23. The summed E-state index contributed by atoms with van der Waals surface area (Å²) in [5.41, 5.74) is 0.406. The molecule has 1 aliphatic heterocycles. The summed E-state index contributed by atoms with van der Waals surface area (Å²) in [4.78, 5) is 12.8. The molecular weight excluding hydrogens is 319 g/mol. The molecule has 0 aliphatic carbocycles. The molecule has 0 N–H and O–H groups in total. The van der Waals surface area contributed by atoms with Gasteiger partial charge in [0.1, 0.15) is 5.82 Å². The van der Waals surface area contributed by atoms with Crippen LogP contribution in [0.15, 0.2) is 52.2 Å². The van der Waals surface area contributed by atoms with Crippen LogP contribution in [0.25, 0.3) is 11.6 Å².